The lowest BCUT2D eigenvalue weighted by molar-refractivity contribution is -0.183. The molecule has 1 aliphatic heterocycles. The van der Waals surface area contributed by atoms with Crippen LogP contribution in [-0.2, 0) is 9.53 Å². The van der Waals surface area contributed by atoms with Crippen molar-refractivity contribution < 1.29 is 27.1 Å². The van der Waals surface area contributed by atoms with Gasteiger partial charge < -0.3 is 19.4 Å². The minimum Gasteiger partial charge on any atom is -0.403 e. The molecule has 1 N–H and O–H groups in total. The summed E-state index contributed by atoms with van der Waals surface area (Å²) in [7, 11) is 0. The number of nitrogens with one attached hydrogen (secondary N) is 1. The third-order valence-electron chi connectivity index (χ3n) is 4.17. The molecular weight excluding hydrogens is 401 g/mol. The maximum atomic E-state index is 12.5. The highest BCUT2D eigenvalue weighted by Crippen LogP contribution is 2.23. The van der Waals surface area contributed by atoms with Gasteiger partial charge in [0.2, 0.25) is 11.8 Å². The standard InChI is InChI=1S/C17H18ClF3N4O3/c1-10(15(26)25-7-6-13(8-25)27-9-17(19,20)21)22-16-24-23-14(28-16)11-2-4-12(18)5-3-11/h2-5,10,13H,6-9H2,1H3,(H,22,24)/t10-,13?/m1/s1. The third kappa shape index (κ3) is 5.35. The van der Waals surface area contributed by atoms with Crippen molar-refractivity contribution in [3.63, 3.8) is 0 Å². The molecule has 28 heavy (non-hydrogen) atoms. The van der Waals surface area contributed by atoms with Crippen molar-refractivity contribution in [2.75, 3.05) is 25.0 Å². The Morgan fingerprint density at radius 3 is 2.79 bits per heavy atom. The lowest BCUT2D eigenvalue weighted by Gasteiger charge is -2.21. The number of halogens is 4. The van der Waals surface area contributed by atoms with E-state index < -0.39 is 24.9 Å². The fraction of sp³-hybridized carbons (Fsp3) is 0.471. The zero-order valence-electron chi connectivity index (χ0n) is 14.9. The fourth-order valence-electron chi connectivity index (χ4n) is 2.79. The molecule has 0 saturated carbocycles. The largest absolute Gasteiger partial charge is 0.411 e. The van der Waals surface area contributed by atoms with Gasteiger partial charge >= 0.3 is 12.2 Å². The van der Waals surface area contributed by atoms with Crippen LogP contribution in [0.1, 0.15) is 13.3 Å². The second-order valence-corrected chi connectivity index (χ2v) is 6.84. The summed E-state index contributed by atoms with van der Waals surface area (Å²) < 4.78 is 47.0. The number of alkyl halides is 3. The average molecular weight is 419 g/mol. The van der Waals surface area contributed by atoms with Crippen LogP contribution < -0.4 is 5.32 Å². The minimum atomic E-state index is -4.38. The molecule has 3 rings (SSSR count). The number of benzene rings is 1. The minimum absolute atomic E-state index is 0.0647. The van der Waals surface area contributed by atoms with Gasteiger partial charge in [-0.15, -0.1) is 5.10 Å². The van der Waals surface area contributed by atoms with Crippen LogP contribution >= 0.6 is 11.6 Å². The Hall–Kier alpha value is -2.33. The Kier molecular flexibility index (Phi) is 6.09. The predicted molar refractivity (Wildman–Crippen MR) is 94.8 cm³/mol. The van der Waals surface area contributed by atoms with Gasteiger partial charge in [-0.1, -0.05) is 16.7 Å². The number of nitrogens with zero attached hydrogens (tertiary/aromatic N) is 3. The van der Waals surface area contributed by atoms with E-state index in [1.807, 2.05) is 0 Å². The summed E-state index contributed by atoms with van der Waals surface area (Å²) in [6.45, 7) is 0.732. The first-order valence-corrected chi connectivity index (χ1v) is 8.92. The Morgan fingerprint density at radius 1 is 1.39 bits per heavy atom. The van der Waals surface area contributed by atoms with Gasteiger partial charge in [0.1, 0.15) is 12.6 Å². The summed E-state index contributed by atoms with van der Waals surface area (Å²) in [4.78, 5) is 13.9. The second-order valence-electron chi connectivity index (χ2n) is 6.41. The highest BCUT2D eigenvalue weighted by atomic mass is 35.5. The molecule has 1 aliphatic rings. The Bertz CT molecular complexity index is 813. The fourth-order valence-corrected chi connectivity index (χ4v) is 2.91. The molecule has 7 nitrogen and oxygen atoms in total. The molecule has 1 fully saturated rings. The van der Waals surface area contributed by atoms with E-state index in [1.54, 1.807) is 31.2 Å². The molecule has 1 unspecified atom stereocenters. The lowest BCUT2D eigenvalue weighted by atomic mass is 10.2. The van der Waals surface area contributed by atoms with Crippen LogP contribution in [0.5, 0.6) is 0 Å². The van der Waals surface area contributed by atoms with Gasteiger partial charge in [0.25, 0.3) is 0 Å². The first kappa shape index (κ1) is 20.4. The number of anilines is 1. The average Bonchev–Trinajstić information content (AvgIpc) is 3.29. The van der Waals surface area contributed by atoms with Crippen molar-refractivity contribution in [2.45, 2.75) is 31.7 Å². The molecule has 1 aromatic carbocycles. The number of rotatable bonds is 6. The van der Waals surface area contributed by atoms with Crippen molar-refractivity contribution in [1.29, 1.82) is 0 Å². The number of carbonyl (C=O) groups is 1. The van der Waals surface area contributed by atoms with Gasteiger partial charge in [0.15, 0.2) is 0 Å². The van der Waals surface area contributed by atoms with Crippen LogP contribution in [0.2, 0.25) is 5.02 Å². The van der Waals surface area contributed by atoms with E-state index >= 15 is 0 Å². The van der Waals surface area contributed by atoms with Gasteiger partial charge in [0, 0.05) is 23.7 Å². The van der Waals surface area contributed by atoms with E-state index in [4.69, 9.17) is 20.8 Å². The van der Waals surface area contributed by atoms with E-state index in [0.29, 0.717) is 23.6 Å². The van der Waals surface area contributed by atoms with Crippen LogP contribution in [0.25, 0.3) is 11.5 Å². The summed E-state index contributed by atoms with van der Waals surface area (Å²) in [6.07, 6.45) is -4.65. The molecule has 152 valence electrons. The topological polar surface area (TPSA) is 80.5 Å². The maximum absolute atomic E-state index is 12.5. The van der Waals surface area contributed by atoms with E-state index in [0.717, 1.165) is 0 Å². The molecule has 1 amide bonds. The number of aromatic nitrogens is 2. The third-order valence-corrected chi connectivity index (χ3v) is 4.42. The van der Waals surface area contributed by atoms with Gasteiger partial charge in [-0.2, -0.15) is 13.2 Å². The van der Waals surface area contributed by atoms with Gasteiger partial charge in [-0.3, -0.25) is 4.79 Å². The van der Waals surface area contributed by atoms with Crippen molar-refractivity contribution in [3.05, 3.63) is 29.3 Å². The van der Waals surface area contributed by atoms with E-state index in [-0.39, 0.29) is 24.4 Å². The van der Waals surface area contributed by atoms with Crippen molar-refractivity contribution in [2.24, 2.45) is 0 Å². The van der Waals surface area contributed by atoms with Crippen LogP contribution in [0, 0.1) is 0 Å². The summed E-state index contributed by atoms with van der Waals surface area (Å²) >= 11 is 5.84. The SMILES string of the molecule is C[C@@H](Nc1nnc(-c2ccc(Cl)cc2)o1)C(=O)N1CCC(OCC(F)(F)F)C1. The molecule has 1 aromatic heterocycles. The highest BCUT2D eigenvalue weighted by Gasteiger charge is 2.34. The maximum Gasteiger partial charge on any atom is 0.411 e. The first-order chi connectivity index (χ1) is 13.2. The Morgan fingerprint density at radius 2 is 2.11 bits per heavy atom. The molecule has 1 saturated heterocycles. The lowest BCUT2D eigenvalue weighted by Crippen LogP contribution is -2.40. The highest BCUT2D eigenvalue weighted by molar-refractivity contribution is 6.30. The van der Waals surface area contributed by atoms with Crippen LogP contribution in [0.15, 0.2) is 28.7 Å². The van der Waals surface area contributed by atoms with Crippen molar-refractivity contribution in [1.82, 2.24) is 15.1 Å². The van der Waals surface area contributed by atoms with Crippen LogP contribution in [-0.4, -0.2) is 59.0 Å². The molecular formula is C17H18ClF3N4O3. The summed E-state index contributed by atoms with van der Waals surface area (Å²) in [5.41, 5.74) is 0.674. The number of ether oxygens (including phenoxy) is 1. The number of hydrogen-bond acceptors (Lipinski definition) is 6. The van der Waals surface area contributed by atoms with E-state index in [9.17, 15) is 18.0 Å². The monoisotopic (exact) mass is 418 g/mol. The quantitative estimate of drug-likeness (QED) is 0.774. The van der Waals surface area contributed by atoms with Gasteiger partial charge in [0.05, 0.1) is 6.10 Å². The van der Waals surface area contributed by atoms with Gasteiger partial charge in [-0.25, -0.2) is 0 Å². The Labute approximate surface area is 163 Å². The zero-order valence-corrected chi connectivity index (χ0v) is 15.6. The van der Waals surface area contributed by atoms with E-state index in [2.05, 4.69) is 15.5 Å². The molecule has 11 heteroatoms. The molecule has 2 aromatic rings. The molecule has 0 aliphatic carbocycles. The summed E-state index contributed by atoms with van der Waals surface area (Å²) in [6, 6.07) is 6.18. The summed E-state index contributed by atoms with van der Waals surface area (Å²) in [5.74, 6) is -0.0232. The van der Waals surface area contributed by atoms with Gasteiger partial charge in [-0.05, 0) is 37.6 Å². The molecule has 0 spiro atoms. The smallest absolute Gasteiger partial charge is 0.403 e. The zero-order chi connectivity index (χ0) is 20.3. The first-order valence-electron chi connectivity index (χ1n) is 8.54. The van der Waals surface area contributed by atoms with Crippen LogP contribution in [0.4, 0.5) is 19.2 Å². The molecule has 0 bridgehead atoms. The predicted octanol–water partition coefficient (Wildman–Crippen LogP) is 3.37. The molecule has 0 radical (unpaired) electrons. The molecule has 2 heterocycles. The van der Waals surface area contributed by atoms with Crippen LogP contribution in [0.3, 0.4) is 0 Å². The van der Waals surface area contributed by atoms with Crippen molar-refractivity contribution >= 4 is 23.5 Å². The number of likely N-dealkylation sites (tertiary alicyclic amines) is 1. The number of carbonyl (C=O) groups excluding carboxylic acids is 1. The number of amides is 1. The normalized spacial score (nSPS) is 18.3. The second kappa shape index (κ2) is 8.36. The van der Waals surface area contributed by atoms with Crippen molar-refractivity contribution in [3.8, 4) is 11.5 Å². The van der Waals surface area contributed by atoms with E-state index in [1.165, 1.54) is 4.90 Å². The molecule has 2 atom stereocenters. The summed E-state index contributed by atoms with van der Waals surface area (Å²) in [5, 5.41) is 11.2. The number of hydrogen-bond donors (Lipinski definition) is 1. The Balaban J connectivity index is 1.53.